The Labute approximate surface area is 123 Å². The molecule has 0 saturated carbocycles. The minimum Gasteiger partial charge on any atom is -0.493 e. The molecule has 3 rings (SSSR count). The lowest BCUT2D eigenvalue weighted by molar-refractivity contribution is 0.247. The largest absolute Gasteiger partial charge is 0.493 e. The van der Waals surface area contributed by atoms with E-state index >= 15 is 0 Å². The Kier molecular flexibility index (Phi) is 3.81. The topological polar surface area (TPSA) is 44.5 Å². The van der Waals surface area contributed by atoms with Gasteiger partial charge in [-0.1, -0.05) is 29.8 Å². The van der Waals surface area contributed by atoms with E-state index in [9.17, 15) is 0 Å². The molecule has 0 amide bonds. The van der Waals surface area contributed by atoms with Crippen molar-refractivity contribution < 1.29 is 9.47 Å². The van der Waals surface area contributed by atoms with Crippen LogP contribution in [-0.4, -0.2) is 13.2 Å². The first-order valence-electron chi connectivity index (χ1n) is 6.61. The first-order chi connectivity index (χ1) is 9.78. The summed E-state index contributed by atoms with van der Waals surface area (Å²) in [5.41, 5.74) is 7.84. The zero-order valence-corrected chi connectivity index (χ0v) is 11.8. The van der Waals surface area contributed by atoms with Crippen LogP contribution in [0.5, 0.6) is 11.5 Å². The van der Waals surface area contributed by atoms with Crippen LogP contribution in [0.2, 0.25) is 5.02 Å². The molecule has 0 aromatic heterocycles. The molecule has 0 saturated heterocycles. The van der Waals surface area contributed by atoms with Crippen molar-refractivity contribution in [3.8, 4) is 11.5 Å². The van der Waals surface area contributed by atoms with Crippen LogP contribution in [0.4, 0.5) is 0 Å². The molecule has 104 valence electrons. The SMILES string of the molecule is NCc1cc(Cl)ccc1OCC1COc2ccccc21. The number of hydrogen-bond acceptors (Lipinski definition) is 3. The van der Waals surface area contributed by atoms with Crippen molar-refractivity contribution in [2.75, 3.05) is 13.2 Å². The monoisotopic (exact) mass is 289 g/mol. The second-order valence-electron chi connectivity index (χ2n) is 4.81. The standard InChI is InChI=1S/C16H16ClNO2/c17-13-5-6-15(11(7-13)8-18)19-9-12-10-20-16-4-2-1-3-14(12)16/h1-7,12H,8-10,18H2. The molecular formula is C16H16ClNO2. The van der Waals surface area contributed by atoms with Crippen molar-refractivity contribution in [3.05, 3.63) is 58.6 Å². The highest BCUT2D eigenvalue weighted by Crippen LogP contribution is 2.34. The number of halogens is 1. The second-order valence-corrected chi connectivity index (χ2v) is 5.25. The normalized spacial score (nSPS) is 16.6. The highest BCUT2D eigenvalue weighted by atomic mass is 35.5. The van der Waals surface area contributed by atoms with Gasteiger partial charge in [-0.15, -0.1) is 0 Å². The summed E-state index contributed by atoms with van der Waals surface area (Å²) in [6, 6.07) is 13.6. The fourth-order valence-electron chi connectivity index (χ4n) is 2.41. The third-order valence-corrected chi connectivity index (χ3v) is 3.72. The Bertz CT molecular complexity index is 615. The first-order valence-corrected chi connectivity index (χ1v) is 6.98. The van der Waals surface area contributed by atoms with Crippen LogP contribution >= 0.6 is 11.6 Å². The average Bonchev–Trinajstić information content (AvgIpc) is 2.89. The summed E-state index contributed by atoms with van der Waals surface area (Å²) in [7, 11) is 0. The van der Waals surface area contributed by atoms with Gasteiger partial charge in [-0.2, -0.15) is 0 Å². The fourth-order valence-corrected chi connectivity index (χ4v) is 2.60. The van der Waals surface area contributed by atoms with Crippen LogP contribution in [0.15, 0.2) is 42.5 Å². The zero-order chi connectivity index (χ0) is 13.9. The summed E-state index contributed by atoms with van der Waals surface area (Å²) in [5, 5.41) is 0.673. The lowest BCUT2D eigenvalue weighted by Crippen LogP contribution is -2.13. The number of fused-ring (bicyclic) bond motifs is 1. The number of hydrogen-bond donors (Lipinski definition) is 1. The van der Waals surface area contributed by atoms with Crippen molar-refractivity contribution in [3.63, 3.8) is 0 Å². The molecule has 1 aliphatic rings. The van der Waals surface area contributed by atoms with Crippen LogP contribution in [0.3, 0.4) is 0 Å². The van der Waals surface area contributed by atoms with Gasteiger partial charge in [-0.05, 0) is 24.3 Å². The van der Waals surface area contributed by atoms with Crippen molar-refractivity contribution in [2.45, 2.75) is 12.5 Å². The molecule has 2 N–H and O–H groups in total. The summed E-state index contributed by atoms with van der Waals surface area (Å²) in [6.45, 7) is 1.64. The third kappa shape index (κ3) is 2.60. The van der Waals surface area contributed by atoms with Gasteiger partial charge in [0.2, 0.25) is 0 Å². The third-order valence-electron chi connectivity index (χ3n) is 3.48. The predicted octanol–water partition coefficient (Wildman–Crippen LogP) is 3.35. The van der Waals surface area contributed by atoms with Crippen molar-refractivity contribution in [1.82, 2.24) is 0 Å². The van der Waals surface area contributed by atoms with E-state index in [1.54, 1.807) is 0 Å². The molecule has 0 bridgehead atoms. The van der Waals surface area contributed by atoms with Crippen molar-refractivity contribution in [1.29, 1.82) is 0 Å². The van der Waals surface area contributed by atoms with Gasteiger partial charge in [-0.25, -0.2) is 0 Å². The smallest absolute Gasteiger partial charge is 0.123 e. The number of ether oxygens (including phenoxy) is 2. The van der Waals surface area contributed by atoms with Crippen LogP contribution in [0, 0.1) is 0 Å². The lowest BCUT2D eigenvalue weighted by Gasteiger charge is -2.14. The van der Waals surface area contributed by atoms with Gasteiger partial charge in [0.1, 0.15) is 11.5 Å². The molecule has 2 aromatic carbocycles. The maximum Gasteiger partial charge on any atom is 0.123 e. The predicted molar refractivity (Wildman–Crippen MR) is 79.5 cm³/mol. The Morgan fingerprint density at radius 2 is 2.10 bits per heavy atom. The van der Waals surface area contributed by atoms with Gasteiger partial charge in [0, 0.05) is 22.7 Å². The van der Waals surface area contributed by atoms with E-state index in [1.165, 1.54) is 5.56 Å². The summed E-state index contributed by atoms with van der Waals surface area (Å²) in [5.74, 6) is 2.00. The molecule has 1 heterocycles. The van der Waals surface area contributed by atoms with Gasteiger partial charge < -0.3 is 15.2 Å². The van der Waals surface area contributed by atoms with Crippen LogP contribution in [-0.2, 0) is 6.54 Å². The van der Waals surface area contributed by atoms with Gasteiger partial charge in [0.15, 0.2) is 0 Å². The van der Waals surface area contributed by atoms with Gasteiger partial charge >= 0.3 is 0 Å². The van der Waals surface area contributed by atoms with Crippen molar-refractivity contribution in [2.24, 2.45) is 5.73 Å². The number of rotatable bonds is 4. The van der Waals surface area contributed by atoms with Crippen LogP contribution in [0.1, 0.15) is 17.0 Å². The number of para-hydroxylation sites is 1. The first kappa shape index (κ1) is 13.3. The minimum absolute atomic E-state index is 0.257. The number of benzene rings is 2. The highest BCUT2D eigenvalue weighted by molar-refractivity contribution is 6.30. The summed E-state index contributed by atoms with van der Waals surface area (Å²) >= 11 is 5.96. The molecule has 1 aliphatic heterocycles. The van der Waals surface area contributed by atoms with Crippen LogP contribution in [0.25, 0.3) is 0 Å². The molecule has 20 heavy (non-hydrogen) atoms. The van der Waals surface area contributed by atoms with E-state index in [2.05, 4.69) is 6.07 Å². The number of nitrogens with two attached hydrogens (primary N) is 1. The van der Waals surface area contributed by atoms with E-state index in [1.807, 2.05) is 36.4 Å². The van der Waals surface area contributed by atoms with Gasteiger partial charge in [-0.3, -0.25) is 0 Å². The van der Waals surface area contributed by atoms with E-state index < -0.39 is 0 Å². The zero-order valence-electron chi connectivity index (χ0n) is 11.0. The molecule has 0 aliphatic carbocycles. The van der Waals surface area contributed by atoms with E-state index in [0.29, 0.717) is 24.8 Å². The molecular weight excluding hydrogens is 274 g/mol. The Balaban J connectivity index is 1.72. The molecule has 1 atom stereocenters. The molecule has 4 heteroatoms. The summed E-state index contributed by atoms with van der Waals surface area (Å²) in [6.07, 6.45) is 0. The van der Waals surface area contributed by atoms with E-state index in [0.717, 1.165) is 17.1 Å². The quantitative estimate of drug-likeness (QED) is 0.939. The molecule has 3 nitrogen and oxygen atoms in total. The van der Waals surface area contributed by atoms with Crippen LogP contribution < -0.4 is 15.2 Å². The summed E-state index contributed by atoms with van der Waals surface area (Å²) < 4.78 is 11.6. The Morgan fingerprint density at radius 3 is 2.95 bits per heavy atom. The molecule has 0 radical (unpaired) electrons. The highest BCUT2D eigenvalue weighted by Gasteiger charge is 2.24. The van der Waals surface area contributed by atoms with E-state index in [4.69, 9.17) is 26.8 Å². The Hall–Kier alpha value is -1.71. The lowest BCUT2D eigenvalue weighted by atomic mass is 10.0. The van der Waals surface area contributed by atoms with E-state index in [-0.39, 0.29) is 5.92 Å². The maximum absolute atomic E-state index is 5.96. The van der Waals surface area contributed by atoms with Gasteiger partial charge in [0.05, 0.1) is 19.1 Å². The summed E-state index contributed by atoms with van der Waals surface area (Å²) in [4.78, 5) is 0. The maximum atomic E-state index is 5.96. The molecule has 0 spiro atoms. The second kappa shape index (κ2) is 5.73. The molecule has 0 fully saturated rings. The fraction of sp³-hybridized carbons (Fsp3) is 0.250. The Morgan fingerprint density at radius 1 is 1.25 bits per heavy atom. The molecule has 1 unspecified atom stereocenters. The minimum atomic E-state index is 0.257. The van der Waals surface area contributed by atoms with Gasteiger partial charge in [0.25, 0.3) is 0 Å². The van der Waals surface area contributed by atoms with Crippen molar-refractivity contribution >= 4 is 11.6 Å². The molecule has 2 aromatic rings. The average molecular weight is 290 g/mol.